The van der Waals surface area contributed by atoms with Crippen LogP contribution in [0.2, 0.25) is 0 Å². The molecule has 0 aliphatic heterocycles. The van der Waals surface area contributed by atoms with Crippen LogP contribution in [0, 0.1) is 18.7 Å². The molecule has 0 bridgehead atoms. The molecule has 1 atom stereocenters. The van der Waals surface area contributed by atoms with Crippen molar-refractivity contribution >= 4 is 11.6 Å². The van der Waals surface area contributed by atoms with Crippen LogP contribution in [-0.2, 0) is 11.2 Å². The maximum absolute atomic E-state index is 13.1. The number of hydrogen-bond acceptors (Lipinski definition) is 2. The van der Waals surface area contributed by atoms with Gasteiger partial charge in [0.05, 0.1) is 18.8 Å². The number of rotatable bonds is 4. The summed E-state index contributed by atoms with van der Waals surface area (Å²) in [7, 11) is 0. The Balaban J connectivity index is 1.66. The molecule has 0 saturated carbocycles. The molecule has 1 unspecified atom stereocenters. The van der Waals surface area contributed by atoms with Gasteiger partial charge in [-0.3, -0.25) is 4.79 Å². The predicted molar refractivity (Wildman–Crippen MR) is 91.3 cm³/mol. The van der Waals surface area contributed by atoms with Crippen LogP contribution in [0.25, 0.3) is 5.70 Å². The van der Waals surface area contributed by atoms with Gasteiger partial charge in [0.1, 0.15) is 0 Å². The van der Waals surface area contributed by atoms with Gasteiger partial charge in [-0.1, -0.05) is 36.8 Å². The molecule has 1 N–H and O–H groups in total. The van der Waals surface area contributed by atoms with Gasteiger partial charge in [-0.2, -0.15) is 5.10 Å². The van der Waals surface area contributed by atoms with Crippen molar-refractivity contribution < 1.29 is 9.18 Å². The molecule has 124 valence electrons. The molecular weight excluding hydrogens is 305 g/mol. The molecule has 2 aromatic rings. The summed E-state index contributed by atoms with van der Waals surface area (Å²) in [6, 6.07) is 7.94. The van der Waals surface area contributed by atoms with Crippen LogP contribution < -0.4 is 5.32 Å². The third-order valence-electron chi connectivity index (χ3n) is 4.05. The first kappa shape index (κ1) is 16.2. The lowest BCUT2D eigenvalue weighted by Crippen LogP contribution is -2.27. The van der Waals surface area contributed by atoms with Gasteiger partial charge in [0.2, 0.25) is 5.91 Å². The largest absolute Gasteiger partial charge is 0.329 e. The van der Waals surface area contributed by atoms with E-state index in [0.717, 1.165) is 22.5 Å². The van der Waals surface area contributed by atoms with Gasteiger partial charge in [0.25, 0.3) is 0 Å². The van der Waals surface area contributed by atoms with Crippen LogP contribution in [0.3, 0.4) is 0 Å². The Hall–Kier alpha value is -2.69. The van der Waals surface area contributed by atoms with Crippen molar-refractivity contribution in [2.24, 2.45) is 5.92 Å². The third kappa shape index (κ3) is 3.79. The van der Waals surface area contributed by atoms with Gasteiger partial charge in [0.15, 0.2) is 5.82 Å². The molecule has 1 heterocycles. The van der Waals surface area contributed by atoms with Crippen molar-refractivity contribution in [2.45, 2.75) is 26.7 Å². The summed E-state index contributed by atoms with van der Waals surface area (Å²) in [4.78, 5) is 12.2. The van der Waals surface area contributed by atoms with Crippen molar-refractivity contribution in [3.05, 3.63) is 71.5 Å². The van der Waals surface area contributed by atoms with E-state index in [1.807, 2.05) is 50.3 Å². The summed E-state index contributed by atoms with van der Waals surface area (Å²) >= 11 is 0. The standard InChI is InChI=1S/C19H20FN3O/c1-13-4-3-5-15(8-13)10-19(24)22-17-6-7-18(14(2)9-17)23-12-16(20)11-21-23/h3-8,11-12,14H,9-10H2,1-2H3,(H,22,24). The summed E-state index contributed by atoms with van der Waals surface area (Å²) in [6.07, 6.45) is 7.33. The molecule has 0 spiro atoms. The van der Waals surface area contributed by atoms with Crippen LogP contribution in [-0.4, -0.2) is 15.7 Å². The number of hydrogen-bond donors (Lipinski definition) is 1. The third-order valence-corrected chi connectivity index (χ3v) is 4.05. The van der Waals surface area contributed by atoms with E-state index in [9.17, 15) is 9.18 Å². The van der Waals surface area contributed by atoms with E-state index < -0.39 is 0 Å². The van der Waals surface area contributed by atoms with E-state index in [-0.39, 0.29) is 17.6 Å². The highest BCUT2D eigenvalue weighted by atomic mass is 19.1. The van der Waals surface area contributed by atoms with Crippen LogP contribution >= 0.6 is 0 Å². The van der Waals surface area contributed by atoms with Crippen LogP contribution in [0.5, 0.6) is 0 Å². The molecule has 0 radical (unpaired) electrons. The molecule has 4 nitrogen and oxygen atoms in total. The summed E-state index contributed by atoms with van der Waals surface area (Å²) < 4.78 is 14.7. The lowest BCUT2D eigenvalue weighted by atomic mass is 9.96. The maximum Gasteiger partial charge on any atom is 0.228 e. The molecule has 3 rings (SSSR count). The van der Waals surface area contributed by atoms with Crippen LogP contribution in [0.4, 0.5) is 4.39 Å². The fourth-order valence-corrected chi connectivity index (χ4v) is 2.92. The molecule has 5 heteroatoms. The Kier molecular flexibility index (Phi) is 4.60. The number of amides is 1. The number of aryl methyl sites for hydroxylation is 1. The number of nitrogens with zero attached hydrogens (tertiary/aromatic N) is 2. The Morgan fingerprint density at radius 3 is 2.92 bits per heavy atom. The second-order valence-corrected chi connectivity index (χ2v) is 6.21. The molecule has 1 aromatic heterocycles. The summed E-state index contributed by atoms with van der Waals surface area (Å²) in [6.45, 7) is 4.04. The van der Waals surface area contributed by atoms with Gasteiger partial charge in [0, 0.05) is 17.3 Å². The highest BCUT2D eigenvalue weighted by Gasteiger charge is 2.19. The summed E-state index contributed by atoms with van der Waals surface area (Å²) in [5.74, 6) is -0.242. The van der Waals surface area contributed by atoms with Crippen LogP contribution in [0.1, 0.15) is 24.5 Å². The van der Waals surface area contributed by atoms with Crippen molar-refractivity contribution in [3.63, 3.8) is 0 Å². The first-order valence-electron chi connectivity index (χ1n) is 7.98. The van der Waals surface area contributed by atoms with Gasteiger partial charge < -0.3 is 5.32 Å². The Labute approximate surface area is 140 Å². The highest BCUT2D eigenvalue weighted by molar-refractivity contribution is 5.80. The highest BCUT2D eigenvalue weighted by Crippen LogP contribution is 2.26. The van der Waals surface area contributed by atoms with E-state index in [2.05, 4.69) is 10.4 Å². The molecule has 1 aliphatic carbocycles. The second-order valence-electron chi connectivity index (χ2n) is 6.21. The van der Waals surface area contributed by atoms with Crippen LogP contribution in [0.15, 0.2) is 54.5 Å². The van der Waals surface area contributed by atoms with Gasteiger partial charge in [-0.25, -0.2) is 9.07 Å². The van der Waals surface area contributed by atoms with E-state index in [0.29, 0.717) is 12.8 Å². The fourth-order valence-electron chi connectivity index (χ4n) is 2.92. The molecule has 1 aromatic carbocycles. The topological polar surface area (TPSA) is 46.9 Å². The summed E-state index contributed by atoms with van der Waals surface area (Å²) in [5, 5.41) is 6.96. The number of benzene rings is 1. The molecule has 24 heavy (non-hydrogen) atoms. The molecule has 0 saturated heterocycles. The van der Waals surface area contributed by atoms with Gasteiger partial charge >= 0.3 is 0 Å². The van der Waals surface area contributed by atoms with Gasteiger partial charge in [-0.05, 0) is 31.1 Å². The van der Waals surface area contributed by atoms with E-state index in [1.54, 1.807) is 4.68 Å². The minimum atomic E-state index is -0.357. The first-order chi connectivity index (χ1) is 11.5. The van der Waals surface area contributed by atoms with Crippen molar-refractivity contribution in [3.8, 4) is 0 Å². The SMILES string of the molecule is Cc1cccc(CC(=O)NC2=CC=C(n3cc(F)cn3)C(C)C2)c1. The quantitative estimate of drug-likeness (QED) is 0.936. The van der Waals surface area contributed by atoms with Crippen molar-refractivity contribution in [1.82, 2.24) is 15.1 Å². The van der Waals surface area contributed by atoms with Crippen molar-refractivity contribution in [1.29, 1.82) is 0 Å². The molecular formula is C19H20FN3O. The van der Waals surface area contributed by atoms with E-state index in [1.165, 1.54) is 12.4 Å². The number of carbonyl (C=O) groups excluding carboxylic acids is 1. The molecule has 1 aliphatic rings. The number of allylic oxidation sites excluding steroid dienone is 4. The van der Waals surface area contributed by atoms with E-state index in [4.69, 9.17) is 0 Å². The lowest BCUT2D eigenvalue weighted by molar-refractivity contribution is -0.119. The maximum atomic E-state index is 13.1. The summed E-state index contributed by atoms with van der Waals surface area (Å²) in [5.41, 5.74) is 3.93. The smallest absolute Gasteiger partial charge is 0.228 e. The minimum Gasteiger partial charge on any atom is -0.329 e. The predicted octanol–water partition coefficient (Wildman–Crippen LogP) is 3.45. The van der Waals surface area contributed by atoms with E-state index >= 15 is 0 Å². The number of halogens is 1. The number of aromatic nitrogens is 2. The monoisotopic (exact) mass is 325 g/mol. The minimum absolute atomic E-state index is 0.0268. The van der Waals surface area contributed by atoms with Gasteiger partial charge in [-0.15, -0.1) is 0 Å². The normalized spacial score (nSPS) is 17.2. The average molecular weight is 325 g/mol. The Morgan fingerprint density at radius 1 is 1.42 bits per heavy atom. The number of nitrogens with one attached hydrogen (secondary N) is 1. The zero-order valence-electron chi connectivity index (χ0n) is 13.8. The first-order valence-corrected chi connectivity index (χ1v) is 7.98. The Bertz CT molecular complexity index is 820. The lowest BCUT2D eigenvalue weighted by Gasteiger charge is -2.22. The van der Waals surface area contributed by atoms with Crippen molar-refractivity contribution in [2.75, 3.05) is 0 Å². The zero-order valence-corrected chi connectivity index (χ0v) is 13.8. The fraction of sp³-hybridized carbons (Fsp3) is 0.263. The Morgan fingerprint density at radius 2 is 2.25 bits per heavy atom. The second kappa shape index (κ2) is 6.83. The average Bonchev–Trinajstić information content (AvgIpc) is 2.93. The molecule has 0 fully saturated rings. The molecule has 1 amide bonds. The number of carbonyl (C=O) groups is 1. The zero-order chi connectivity index (χ0) is 17.1.